The second-order valence-electron chi connectivity index (χ2n) is 5.51. The molecule has 1 saturated heterocycles. The number of phenolic OH excluding ortho intramolecular Hbond substituents is 1. The van der Waals surface area contributed by atoms with E-state index in [9.17, 15) is 9.90 Å². The molecule has 1 aliphatic heterocycles. The monoisotopic (exact) mass is 262 g/mol. The van der Waals surface area contributed by atoms with Gasteiger partial charge in [0.15, 0.2) is 0 Å². The van der Waals surface area contributed by atoms with E-state index in [1.807, 2.05) is 17.9 Å². The van der Waals surface area contributed by atoms with Crippen LogP contribution in [0.2, 0.25) is 0 Å². The fourth-order valence-corrected chi connectivity index (χ4v) is 2.58. The molecule has 1 heterocycles. The van der Waals surface area contributed by atoms with Crippen molar-refractivity contribution < 1.29 is 9.90 Å². The van der Waals surface area contributed by atoms with Gasteiger partial charge in [0.1, 0.15) is 5.75 Å². The average molecular weight is 262 g/mol. The second-order valence-corrected chi connectivity index (χ2v) is 5.51. The van der Waals surface area contributed by atoms with Crippen LogP contribution >= 0.6 is 0 Å². The van der Waals surface area contributed by atoms with E-state index in [4.69, 9.17) is 0 Å². The van der Waals surface area contributed by atoms with Gasteiger partial charge in [0.05, 0.1) is 5.56 Å². The standard InChI is InChI=1S/C15H22N2O2/c1-11-4-5-13(14(18)10-11)15(19)17-8-6-12(7-9-17)16(2)3/h4-5,10,12,18H,6-9H2,1-3H3. The molecular formula is C15H22N2O2. The Balaban J connectivity index is 2.05. The van der Waals surface area contributed by atoms with Crippen molar-refractivity contribution >= 4 is 5.91 Å². The van der Waals surface area contributed by atoms with Crippen LogP contribution in [0.5, 0.6) is 5.75 Å². The van der Waals surface area contributed by atoms with Gasteiger partial charge in [-0.1, -0.05) is 6.07 Å². The third kappa shape index (κ3) is 3.07. The Bertz CT molecular complexity index is 463. The number of nitrogens with zero attached hydrogens (tertiary/aromatic N) is 2. The van der Waals surface area contributed by atoms with E-state index >= 15 is 0 Å². The van der Waals surface area contributed by atoms with Gasteiger partial charge in [-0.15, -0.1) is 0 Å². The quantitative estimate of drug-likeness (QED) is 0.885. The number of benzene rings is 1. The maximum absolute atomic E-state index is 12.4. The first kappa shape index (κ1) is 13.9. The summed E-state index contributed by atoms with van der Waals surface area (Å²) in [6.07, 6.45) is 1.98. The molecule has 0 bridgehead atoms. The molecule has 0 radical (unpaired) electrons. The summed E-state index contributed by atoms with van der Waals surface area (Å²) >= 11 is 0. The van der Waals surface area contributed by atoms with Crippen molar-refractivity contribution in [1.29, 1.82) is 0 Å². The third-order valence-corrected chi connectivity index (χ3v) is 3.87. The van der Waals surface area contributed by atoms with Gasteiger partial charge in [0, 0.05) is 19.1 Å². The van der Waals surface area contributed by atoms with Crippen LogP contribution in [-0.2, 0) is 0 Å². The smallest absolute Gasteiger partial charge is 0.257 e. The fourth-order valence-electron chi connectivity index (χ4n) is 2.58. The summed E-state index contributed by atoms with van der Waals surface area (Å²) in [4.78, 5) is 16.4. The van der Waals surface area contributed by atoms with Gasteiger partial charge in [-0.05, 0) is 51.6 Å². The van der Waals surface area contributed by atoms with Gasteiger partial charge in [-0.2, -0.15) is 0 Å². The summed E-state index contributed by atoms with van der Waals surface area (Å²) < 4.78 is 0. The Morgan fingerprint density at radius 1 is 1.32 bits per heavy atom. The highest BCUT2D eigenvalue weighted by Crippen LogP contribution is 2.23. The predicted molar refractivity (Wildman–Crippen MR) is 75.5 cm³/mol. The van der Waals surface area contributed by atoms with Crippen molar-refractivity contribution in [2.24, 2.45) is 0 Å². The van der Waals surface area contributed by atoms with Gasteiger partial charge >= 0.3 is 0 Å². The first-order chi connectivity index (χ1) is 8.99. The Labute approximate surface area is 114 Å². The number of aryl methyl sites for hydroxylation is 1. The maximum Gasteiger partial charge on any atom is 0.257 e. The zero-order chi connectivity index (χ0) is 14.0. The summed E-state index contributed by atoms with van der Waals surface area (Å²) in [6.45, 7) is 3.42. The molecule has 19 heavy (non-hydrogen) atoms. The first-order valence-corrected chi connectivity index (χ1v) is 6.74. The van der Waals surface area contributed by atoms with Gasteiger partial charge in [-0.25, -0.2) is 0 Å². The highest BCUT2D eigenvalue weighted by molar-refractivity contribution is 5.97. The number of hydrogen-bond acceptors (Lipinski definition) is 3. The fraction of sp³-hybridized carbons (Fsp3) is 0.533. The van der Waals surface area contributed by atoms with Crippen molar-refractivity contribution in [3.63, 3.8) is 0 Å². The number of phenols is 1. The number of piperidine rings is 1. The highest BCUT2D eigenvalue weighted by Gasteiger charge is 2.25. The van der Waals surface area contributed by atoms with Gasteiger partial charge < -0.3 is 14.9 Å². The SMILES string of the molecule is Cc1ccc(C(=O)N2CCC(N(C)C)CC2)c(O)c1. The van der Waals surface area contributed by atoms with E-state index in [1.165, 1.54) is 0 Å². The van der Waals surface area contributed by atoms with Crippen molar-refractivity contribution in [2.75, 3.05) is 27.2 Å². The van der Waals surface area contributed by atoms with E-state index in [-0.39, 0.29) is 11.7 Å². The number of hydrogen-bond donors (Lipinski definition) is 1. The lowest BCUT2D eigenvalue weighted by atomic mass is 10.0. The molecule has 0 aromatic heterocycles. The minimum Gasteiger partial charge on any atom is -0.507 e. The van der Waals surface area contributed by atoms with Gasteiger partial charge in [0.2, 0.25) is 0 Å². The van der Waals surface area contributed by atoms with Crippen molar-refractivity contribution in [1.82, 2.24) is 9.80 Å². The average Bonchev–Trinajstić information content (AvgIpc) is 2.38. The van der Waals surface area contributed by atoms with E-state index in [2.05, 4.69) is 19.0 Å². The number of amides is 1. The number of likely N-dealkylation sites (tertiary alicyclic amines) is 1. The van der Waals surface area contributed by atoms with Crippen LogP contribution in [0.15, 0.2) is 18.2 Å². The molecule has 1 aliphatic rings. The second kappa shape index (κ2) is 5.61. The lowest BCUT2D eigenvalue weighted by Crippen LogP contribution is -2.44. The minimum atomic E-state index is -0.0605. The molecule has 104 valence electrons. The molecule has 1 aromatic rings. The summed E-state index contributed by atoms with van der Waals surface area (Å²) in [6, 6.07) is 5.76. The van der Waals surface area contributed by atoms with Gasteiger partial charge in [-0.3, -0.25) is 4.79 Å². The van der Waals surface area contributed by atoms with Crippen LogP contribution in [0.1, 0.15) is 28.8 Å². The Morgan fingerprint density at radius 2 is 1.95 bits per heavy atom. The lowest BCUT2D eigenvalue weighted by molar-refractivity contribution is 0.0660. The topological polar surface area (TPSA) is 43.8 Å². The van der Waals surface area contributed by atoms with Crippen molar-refractivity contribution in [3.05, 3.63) is 29.3 Å². The molecule has 4 nitrogen and oxygen atoms in total. The zero-order valence-corrected chi connectivity index (χ0v) is 11.9. The molecule has 1 N–H and O–H groups in total. The first-order valence-electron chi connectivity index (χ1n) is 6.74. The molecule has 0 saturated carbocycles. The molecule has 0 unspecified atom stereocenters. The number of rotatable bonds is 2. The number of carbonyl (C=O) groups is 1. The molecule has 1 aromatic carbocycles. The lowest BCUT2D eigenvalue weighted by Gasteiger charge is -2.35. The van der Waals surface area contributed by atoms with Crippen molar-refractivity contribution in [2.45, 2.75) is 25.8 Å². The largest absolute Gasteiger partial charge is 0.507 e. The minimum absolute atomic E-state index is 0.0605. The highest BCUT2D eigenvalue weighted by atomic mass is 16.3. The van der Waals surface area contributed by atoms with Gasteiger partial charge in [0.25, 0.3) is 5.91 Å². The van der Waals surface area contributed by atoms with Crippen LogP contribution in [0.3, 0.4) is 0 Å². The van der Waals surface area contributed by atoms with Crippen LogP contribution in [0, 0.1) is 6.92 Å². The Hall–Kier alpha value is -1.55. The Kier molecular flexibility index (Phi) is 4.10. The molecule has 2 rings (SSSR count). The maximum atomic E-state index is 12.4. The predicted octanol–water partition coefficient (Wildman–Crippen LogP) is 1.87. The van der Waals surface area contributed by atoms with E-state index < -0.39 is 0 Å². The van der Waals surface area contributed by atoms with E-state index in [0.717, 1.165) is 31.5 Å². The molecule has 0 atom stereocenters. The van der Waals surface area contributed by atoms with Crippen LogP contribution in [-0.4, -0.2) is 54.0 Å². The number of carbonyl (C=O) groups excluding carboxylic acids is 1. The van der Waals surface area contributed by atoms with E-state index in [1.54, 1.807) is 12.1 Å². The van der Waals surface area contributed by atoms with Crippen LogP contribution < -0.4 is 0 Å². The van der Waals surface area contributed by atoms with Crippen molar-refractivity contribution in [3.8, 4) is 5.75 Å². The Morgan fingerprint density at radius 3 is 2.47 bits per heavy atom. The summed E-state index contributed by atoms with van der Waals surface area (Å²) in [7, 11) is 4.15. The molecule has 0 spiro atoms. The molecule has 1 amide bonds. The summed E-state index contributed by atoms with van der Waals surface area (Å²) in [5, 5.41) is 9.88. The molecular weight excluding hydrogens is 240 g/mol. The molecule has 4 heteroatoms. The number of aromatic hydroxyl groups is 1. The summed E-state index contributed by atoms with van der Waals surface area (Å²) in [5.41, 5.74) is 1.37. The third-order valence-electron chi connectivity index (χ3n) is 3.87. The zero-order valence-electron chi connectivity index (χ0n) is 11.9. The van der Waals surface area contributed by atoms with Crippen LogP contribution in [0.25, 0.3) is 0 Å². The molecule has 1 fully saturated rings. The normalized spacial score (nSPS) is 16.9. The van der Waals surface area contributed by atoms with Crippen LogP contribution in [0.4, 0.5) is 0 Å². The summed E-state index contributed by atoms with van der Waals surface area (Å²) in [5.74, 6) is 0.0226. The molecule has 0 aliphatic carbocycles. The van der Waals surface area contributed by atoms with E-state index in [0.29, 0.717) is 11.6 Å².